The molecule has 1 atom stereocenters. The van der Waals surface area contributed by atoms with Gasteiger partial charge < -0.3 is 15.0 Å². The van der Waals surface area contributed by atoms with Crippen molar-refractivity contribution in [3.05, 3.63) is 46.1 Å². The molecule has 0 saturated carbocycles. The van der Waals surface area contributed by atoms with E-state index in [-0.39, 0.29) is 24.5 Å². The number of rotatable bonds is 7. The normalized spacial score (nSPS) is 19.8. The zero-order valence-electron chi connectivity index (χ0n) is 20.5. The molecule has 0 unspecified atom stereocenters. The Morgan fingerprint density at radius 1 is 1.12 bits per heavy atom. The van der Waals surface area contributed by atoms with E-state index in [9.17, 15) is 14.4 Å². The van der Waals surface area contributed by atoms with E-state index in [0.29, 0.717) is 49.0 Å². The van der Waals surface area contributed by atoms with E-state index in [1.165, 1.54) is 0 Å². The topological polar surface area (TPSA) is 82.2 Å². The molecule has 3 rings (SSSR count). The van der Waals surface area contributed by atoms with Crippen molar-refractivity contribution < 1.29 is 19.1 Å². The third-order valence-electron chi connectivity index (χ3n) is 6.22. The van der Waals surface area contributed by atoms with Gasteiger partial charge in [0.1, 0.15) is 0 Å². The van der Waals surface area contributed by atoms with Gasteiger partial charge in [-0.3, -0.25) is 14.6 Å². The van der Waals surface area contributed by atoms with Gasteiger partial charge in [0.2, 0.25) is 5.91 Å². The third-order valence-corrected chi connectivity index (χ3v) is 6.47. The number of ether oxygens (including phenoxy) is 1. The van der Waals surface area contributed by atoms with Crippen LogP contribution in [0.3, 0.4) is 0 Å². The van der Waals surface area contributed by atoms with E-state index in [0.717, 1.165) is 18.5 Å². The minimum Gasteiger partial charge on any atom is -0.463 e. The average Bonchev–Trinajstić information content (AvgIpc) is 3.04. The minimum atomic E-state index is -0.632. The summed E-state index contributed by atoms with van der Waals surface area (Å²) in [5, 5.41) is 3.55. The van der Waals surface area contributed by atoms with Crippen molar-refractivity contribution in [2.45, 2.75) is 40.2 Å². The molecule has 2 aliphatic rings. The molecule has 1 N–H and O–H groups in total. The Labute approximate surface area is 206 Å². The predicted molar refractivity (Wildman–Crippen MR) is 131 cm³/mol. The second kappa shape index (κ2) is 11.7. The highest BCUT2D eigenvalue weighted by molar-refractivity contribution is 6.30. The number of nitrogens with zero attached hydrogens (tertiary/aromatic N) is 3. The molecule has 0 aromatic heterocycles. The second-order valence-corrected chi connectivity index (χ2v) is 9.31. The molecule has 0 aliphatic carbocycles. The van der Waals surface area contributed by atoms with E-state index < -0.39 is 12.0 Å². The number of likely N-dealkylation sites (N-methyl/N-ethyl adjacent to an activating group) is 1. The summed E-state index contributed by atoms with van der Waals surface area (Å²) in [6.45, 7) is 11.3. The fraction of sp³-hybridized carbons (Fsp3) is 0.560. The number of carbonyl (C=O) groups is 3. The van der Waals surface area contributed by atoms with Gasteiger partial charge in [-0.2, -0.15) is 0 Å². The standard InChI is InChI=1S/C25H35ClN4O4/c1-5-30-20(16-28-12-7-13-29(15-14-28)23(31)17(3)4)21(24(32)34-6-2)22(27-25(30)33)18-8-10-19(26)11-9-18/h8-11,17,22H,5-7,12-16H2,1-4H3,(H,27,33)/t22-/m0/s1. The van der Waals surface area contributed by atoms with Crippen molar-refractivity contribution in [2.24, 2.45) is 5.92 Å². The predicted octanol–water partition coefficient (Wildman–Crippen LogP) is 3.43. The van der Waals surface area contributed by atoms with Crippen molar-refractivity contribution in [3.63, 3.8) is 0 Å². The molecule has 34 heavy (non-hydrogen) atoms. The lowest BCUT2D eigenvalue weighted by Crippen LogP contribution is -2.51. The maximum Gasteiger partial charge on any atom is 0.338 e. The van der Waals surface area contributed by atoms with Gasteiger partial charge >= 0.3 is 12.0 Å². The van der Waals surface area contributed by atoms with Crippen LogP contribution < -0.4 is 5.32 Å². The highest BCUT2D eigenvalue weighted by atomic mass is 35.5. The van der Waals surface area contributed by atoms with Crippen LogP contribution >= 0.6 is 11.6 Å². The van der Waals surface area contributed by atoms with Crippen molar-refractivity contribution >= 4 is 29.5 Å². The Kier molecular flexibility index (Phi) is 8.97. The maximum atomic E-state index is 13.2. The molecule has 1 aromatic carbocycles. The van der Waals surface area contributed by atoms with Crippen molar-refractivity contribution in [1.29, 1.82) is 0 Å². The molecule has 0 radical (unpaired) electrons. The van der Waals surface area contributed by atoms with Crippen molar-refractivity contribution in [3.8, 4) is 0 Å². The first-order valence-corrected chi connectivity index (χ1v) is 12.4. The molecule has 1 saturated heterocycles. The Morgan fingerprint density at radius 3 is 2.44 bits per heavy atom. The number of nitrogens with one attached hydrogen (secondary N) is 1. The van der Waals surface area contributed by atoms with Gasteiger partial charge in [0.15, 0.2) is 0 Å². The summed E-state index contributed by atoms with van der Waals surface area (Å²) < 4.78 is 5.43. The largest absolute Gasteiger partial charge is 0.463 e. The van der Waals surface area contributed by atoms with Gasteiger partial charge in [-0.05, 0) is 38.0 Å². The number of amides is 3. The number of hydrogen-bond acceptors (Lipinski definition) is 5. The fourth-order valence-electron chi connectivity index (χ4n) is 4.49. The number of halogens is 1. The summed E-state index contributed by atoms with van der Waals surface area (Å²) in [4.78, 5) is 44.5. The number of urea groups is 1. The first-order valence-electron chi connectivity index (χ1n) is 12.0. The second-order valence-electron chi connectivity index (χ2n) is 8.87. The smallest absolute Gasteiger partial charge is 0.338 e. The van der Waals surface area contributed by atoms with E-state index in [1.54, 1.807) is 24.0 Å². The Bertz CT molecular complexity index is 931. The molecule has 186 valence electrons. The molecule has 2 heterocycles. The Morgan fingerprint density at radius 2 is 1.82 bits per heavy atom. The number of carbonyl (C=O) groups excluding carboxylic acids is 3. The van der Waals surface area contributed by atoms with Gasteiger partial charge in [0.25, 0.3) is 0 Å². The van der Waals surface area contributed by atoms with E-state index in [4.69, 9.17) is 16.3 Å². The highest BCUT2D eigenvalue weighted by Gasteiger charge is 2.38. The van der Waals surface area contributed by atoms with Crippen LogP contribution in [0, 0.1) is 5.92 Å². The highest BCUT2D eigenvalue weighted by Crippen LogP contribution is 2.32. The summed E-state index contributed by atoms with van der Waals surface area (Å²) >= 11 is 6.07. The number of hydrogen-bond donors (Lipinski definition) is 1. The molecular formula is C25H35ClN4O4. The van der Waals surface area contributed by atoms with Gasteiger partial charge in [0, 0.05) is 55.9 Å². The molecule has 3 amide bonds. The first-order chi connectivity index (χ1) is 16.3. The molecule has 0 spiro atoms. The molecule has 8 nitrogen and oxygen atoms in total. The lowest BCUT2D eigenvalue weighted by Gasteiger charge is -2.38. The monoisotopic (exact) mass is 490 g/mol. The van der Waals surface area contributed by atoms with Gasteiger partial charge in [-0.15, -0.1) is 0 Å². The Balaban J connectivity index is 1.96. The molecule has 2 aliphatic heterocycles. The summed E-state index contributed by atoms with van der Waals surface area (Å²) in [6.07, 6.45) is 0.833. The van der Waals surface area contributed by atoms with Crippen LogP contribution in [0.25, 0.3) is 0 Å². The van der Waals surface area contributed by atoms with E-state index >= 15 is 0 Å². The Hall–Kier alpha value is -2.58. The fourth-order valence-corrected chi connectivity index (χ4v) is 4.62. The van der Waals surface area contributed by atoms with Crippen molar-refractivity contribution in [2.75, 3.05) is 45.9 Å². The lowest BCUT2D eigenvalue weighted by molar-refractivity contribution is -0.139. The van der Waals surface area contributed by atoms with Crippen LogP contribution in [0.15, 0.2) is 35.5 Å². The minimum absolute atomic E-state index is 0.0394. The SMILES string of the molecule is CCOC(=O)C1=C(CN2CCCN(C(=O)C(C)C)CC2)N(CC)C(=O)N[C@H]1c1ccc(Cl)cc1. The molecular weight excluding hydrogens is 456 g/mol. The summed E-state index contributed by atoms with van der Waals surface area (Å²) in [5.74, 6) is -0.326. The molecule has 0 bridgehead atoms. The van der Waals surface area contributed by atoms with Gasteiger partial charge in [-0.25, -0.2) is 9.59 Å². The molecule has 1 fully saturated rings. The zero-order chi connectivity index (χ0) is 24.8. The van der Waals surface area contributed by atoms with Crippen LogP contribution in [0.4, 0.5) is 4.79 Å². The van der Waals surface area contributed by atoms with Crippen LogP contribution in [-0.4, -0.2) is 78.5 Å². The summed E-state index contributed by atoms with van der Waals surface area (Å²) in [6, 6.07) is 6.23. The van der Waals surface area contributed by atoms with Crippen LogP contribution in [-0.2, 0) is 14.3 Å². The van der Waals surface area contributed by atoms with Crippen LogP contribution in [0.5, 0.6) is 0 Å². The number of esters is 1. The quantitative estimate of drug-likeness (QED) is 0.592. The van der Waals surface area contributed by atoms with Crippen LogP contribution in [0.1, 0.15) is 45.7 Å². The van der Waals surface area contributed by atoms with E-state index in [1.807, 2.05) is 37.8 Å². The summed E-state index contributed by atoms with van der Waals surface area (Å²) in [7, 11) is 0. The van der Waals surface area contributed by atoms with Gasteiger partial charge in [0.05, 0.1) is 18.2 Å². The van der Waals surface area contributed by atoms with Crippen molar-refractivity contribution in [1.82, 2.24) is 20.0 Å². The molecule has 1 aromatic rings. The summed E-state index contributed by atoms with van der Waals surface area (Å²) in [5.41, 5.74) is 1.84. The average molecular weight is 491 g/mol. The van der Waals surface area contributed by atoms with Gasteiger partial charge in [-0.1, -0.05) is 37.6 Å². The van der Waals surface area contributed by atoms with Crippen LogP contribution in [0.2, 0.25) is 5.02 Å². The molecule has 9 heteroatoms. The first kappa shape index (κ1) is 26.0. The third kappa shape index (κ3) is 5.91. The number of benzene rings is 1. The van der Waals surface area contributed by atoms with E-state index in [2.05, 4.69) is 10.2 Å². The maximum absolute atomic E-state index is 13.2. The zero-order valence-corrected chi connectivity index (χ0v) is 21.2. The lowest BCUT2D eigenvalue weighted by atomic mass is 9.94.